The fourth-order valence-corrected chi connectivity index (χ4v) is 26.8. The van der Waals surface area contributed by atoms with Crippen molar-refractivity contribution >= 4 is 186 Å². The first-order valence-corrected chi connectivity index (χ1v) is 61.8. The lowest BCUT2D eigenvalue weighted by Crippen LogP contribution is -2.33. The summed E-state index contributed by atoms with van der Waals surface area (Å²) in [5.74, 6) is 0.0754. The van der Waals surface area contributed by atoms with Gasteiger partial charge in [0.2, 0.25) is 0 Å². The van der Waals surface area contributed by atoms with Gasteiger partial charge in [-0.2, -0.15) is 4.98 Å². The van der Waals surface area contributed by atoms with Gasteiger partial charge in [-0.3, -0.25) is 61.3 Å². The number of H-pyrrole nitrogens is 3. The second-order valence-electron chi connectivity index (χ2n) is 33.9. The Bertz CT molecular complexity index is 7400. The van der Waals surface area contributed by atoms with Crippen LogP contribution in [-0.4, -0.2) is 263 Å². The van der Waals surface area contributed by atoms with Crippen molar-refractivity contribution in [3.05, 3.63) is 158 Å². The van der Waals surface area contributed by atoms with Gasteiger partial charge >= 0.3 is 69.8 Å². The molecule has 28 atom stereocenters. The number of imidazole rings is 3. The molecule has 7 aliphatic rings. The van der Waals surface area contributed by atoms with E-state index in [1.54, 1.807) is 11.5 Å². The Morgan fingerprint density at radius 3 is 0.814 bits per heavy atom. The number of nitrogen functional groups attached to an aromatic ring is 4. The minimum Gasteiger partial charge on any atom is -0.383 e. The molecule has 7 fully saturated rings. The minimum atomic E-state index is -4.75. The van der Waals surface area contributed by atoms with Crippen LogP contribution in [0, 0.1) is 27.7 Å². The van der Waals surface area contributed by atoms with Crippen molar-refractivity contribution in [2.45, 2.75) is 215 Å². The number of hydrogen-bond acceptors (Lipinski definition) is 49. The molecule has 59 nitrogen and oxygen atoms in total. The molecule has 0 bridgehead atoms. The number of rotatable bonds is 41. The maximum atomic E-state index is 13.6. The van der Waals surface area contributed by atoms with Crippen LogP contribution in [0.2, 0.25) is 0 Å². The summed E-state index contributed by atoms with van der Waals surface area (Å²) < 4.78 is 137. The molecule has 790 valence electrons. The van der Waals surface area contributed by atoms with Crippen molar-refractivity contribution in [3.8, 4) is 0 Å². The summed E-state index contributed by atoms with van der Waals surface area (Å²) in [5.41, 5.74) is 20.6. The molecule has 18 N–H and O–H groups in total. The van der Waals surface area contributed by atoms with Gasteiger partial charge in [-0.25, -0.2) is 64.0 Å². The van der Waals surface area contributed by atoms with Crippen molar-refractivity contribution in [3.63, 3.8) is 0 Å². The van der Waals surface area contributed by atoms with Gasteiger partial charge in [0.05, 0.1) is 107 Å². The second-order valence-corrected chi connectivity index (χ2v) is 53.5. The predicted molar refractivity (Wildman–Crippen MR) is 527 cm³/mol. The minimum absolute atomic E-state index is 0.0164. The molecular formula is C72H95N24O35P7S7. The zero-order chi connectivity index (χ0) is 104. The first-order chi connectivity index (χ1) is 68.4. The fourth-order valence-electron chi connectivity index (χ4n) is 17.0. The zero-order valence-electron chi connectivity index (χ0n) is 76.3. The van der Waals surface area contributed by atoms with Crippen molar-refractivity contribution in [1.29, 1.82) is 0 Å². The Labute approximate surface area is 851 Å². The number of hydrogen-bond donors (Lipinski definition) is 14. The number of nitrogens with one attached hydrogen (secondary N) is 3. The van der Waals surface area contributed by atoms with Crippen LogP contribution in [0.5, 0.6) is 0 Å². The first-order valence-electron chi connectivity index (χ1n) is 43.6. The summed E-state index contributed by atoms with van der Waals surface area (Å²) >= 11 is 39.1. The van der Waals surface area contributed by atoms with Gasteiger partial charge in [-0.05, 0) is 117 Å². The molecule has 17 heterocycles. The molecule has 7 saturated heterocycles. The molecule has 0 radical (unpaired) electrons. The number of ether oxygens (including phenoxy) is 7. The van der Waals surface area contributed by atoms with E-state index in [1.165, 1.54) is 86.3 Å². The second kappa shape index (κ2) is 44.1. The monoisotopic (exact) mass is 2300 g/mol. The van der Waals surface area contributed by atoms with Gasteiger partial charge in [-0.1, -0.05) is 6.92 Å². The van der Waals surface area contributed by atoms with Crippen LogP contribution in [0.15, 0.2) is 96.3 Å². The van der Waals surface area contributed by atoms with Crippen LogP contribution in [0.25, 0.3) is 33.5 Å². The van der Waals surface area contributed by atoms with Crippen LogP contribution in [0.3, 0.4) is 0 Å². The Kier molecular flexibility index (Phi) is 33.3. The number of nitrogens with two attached hydrogens (primary N) is 4. The summed E-state index contributed by atoms with van der Waals surface area (Å²) in [5, 5.41) is 0. The van der Waals surface area contributed by atoms with E-state index in [4.69, 9.17) is 202 Å². The molecule has 0 saturated carbocycles. The van der Waals surface area contributed by atoms with Crippen molar-refractivity contribution in [1.82, 2.24) is 96.8 Å². The molecule has 0 aromatic carbocycles. The van der Waals surface area contributed by atoms with Crippen LogP contribution in [0.4, 0.5) is 23.3 Å². The molecule has 7 aliphatic heterocycles. The Hall–Kier alpha value is -6.80. The maximum Gasteiger partial charge on any atom is 0.351 e. The van der Waals surface area contributed by atoms with E-state index >= 15 is 0 Å². The van der Waals surface area contributed by atoms with Crippen molar-refractivity contribution in [2.75, 3.05) is 69.7 Å². The van der Waals surface area contributed by atoms with Crippen LogP contribution < -0.4 is 62.4 Å². The quantitative estimate of drug-likeness (QED) is 0.0241. The SMILES string of the molecule is CC[C@H]1O[C@@H](n2cnc3c(N)ncnc32)C[C@H]1OP(O)(=S)OC[C@H]1O[C@@H](n2cc(C)c(=O)[nH]c2=O)C[C@H]1OP(O)(=S)OC[C@H]1O[C@@H](n2cc(C)c(N)nc2=O)C[C@H]1OP(O)(=S)OC[C@H]1O[C@@H](n2cc(C)c(=O)[nH]c2=O)C[C@H]1OP(O)(=S)OC[C@H]1O[C@@H](n2cnc3c(N)ncnc32)C[C@H]1OP(O)(=S)OC[C@H]1O[C@@H](n2cc(C)c(=O)[nH]c2=O)C[C@H]1OP(O)(=S)OC[C@H]1O[C@@H](n2cnc3c(N)ncnc32)C[C@H]1OP(O)(=S)OC. The Morgan fingerprint density at radius 2 is 0.559 bits per heavy atom. The van der Waals surface area contributed by atoms with Gasteiger partial charge in [0.1, 0.15) is 122 Å². The molecule has 10 aromatic rings. The highest BCUT2D eigenvalue weighted by atomic mass is 32.5. The third kappa shape index (κ3) is 25.4. The molecule has 73 heteroatoms. The predicted octanol–water partition coefficient (Wildman–Crippen LogP) is 1.36. The summed E-state index contributed by atoms with van der Waals surface area (Å²) in [7, 11) is 1.14. The number of aromatic amines is 3. The molecule has 145 heavy (non-hydrogen) atoms. The van der Waals surface area contributed by atoms with Gasteiger partial charge in [-0.15, -0.1) is 0 Å². The molecular weight excluding hydrogens is 2200 g/mol. The van der Waals surface area contributed by atoms with E-state index in [0.717, 1.165) is 31.7 Å². The first kappa shape index (κ1) is 109. The average Bonchev–Trinajstić information content (AvgIpc) is 1.63. The topological polar surface area (TPSA) is 770 Å². The number of aromatic nitrogens is 20. The van der Waals surface area contributed by atoms with E-state index in [-0.39, 0.29) is 101 Å². The molecule has 7 unspecified atom stereocenters. The number of anilines is 4. The van der Waals surface area contributed by atoms with E-state index in [1.807, 2.05) is 6.92 Å². The lowest BCUT2D eigenvalue weighted by atomic mass is 10.1. The van der Waals surface area contributed by atoms with Gasteiger partial charge < -0.3 is 154 Å². The zero-order valence-corrected chi connectivity index (χ0v) is 88.2. The summed E-state index contributed by atoms with van der Waals surface area (Å²) in [6.45, 7) is -28.3. The number of fused-ring (bicyclic) bond motifs is 3. The van der Waals surface area contributed by atoms with Crippen LogP contribution in [-0.2, 0) is 179 Å². The maximum absolute atomic E-state index is 13.6. The van der Waals surface area contributed by atoms with Crippen LogP contribution in [0.1, 0.15) is 124 Å². The summed E-state index contributed by atoms with van der Waals surface area (Å²) in [4.78, 5) is 224. The standard InChI is InChI=1S/C72H95N24O35P7S7/c1-7-35-36(8-53(118-35)94-28-83-56-60(74)77-25-80-63(56)94)126-133(105,140)112-20-45-39(10-50(120-45)91-16-32(3)66(97)87-70(91)101)129-136(108,143)114-21-44-38(9-49(119-44)90-15-31(2)59(73)86-69(90)100)127-135(107,142)115-22-46-41(12-52(121-46)93-18-34(5)68(99)89-72(93)103)130-137(109,144)117-24-48-42(14-55(124-48)96-30-85-58-62(76)79-27-82-65(58)96)131-138(110,145)116-23-47-40(11-51(122-47)92-17-33(4)67(98)88-71(92)102)128-134(106,141)113-19-43-37(125-132(104,139)111-6)13-54(123-43)95-29-84-57-61(75)78-26-81-64(57)95/h15-18,25-30,35-55H,7-14,19-24H2,1-6H3,(H,104,139)(H,105,140)(H,106,141)(H,107,142)(H,108,143)(H,109,144)(H,110,145)(H2,73,86,100)(H2,74,77,80)(H2,75,78,81)(H2,76,79,82)(H,87,97,101)(H,88,98,102)(H,89,99,103)/t35-,36-,37-,38-,39-,40-,41-,42-,43-,44-,45-,46-,47-,48-,49-,50-,51-,52-,53-,54-,55-,132?,133?,134?,135?,136?,137?,138?/m1/s1. The third-order valence-electron chi connectivity index (χ3n) is 24.1. The third-order valence-corrected chi connectivity index (χ3v) is 35.4. The van der Waals surface area contributed by atoms with Crippen molar-refractivity contribution in [2.24, 2.45) is 0 Å². The molecule has 10 aromatic heterocycles. The Balaban J connectivity index is 0.577. The van der Waals surface area contributed by atoms with E-state index in [2.05, 4.69) is 64.8 Å². The van der Waals surface area contributed by atoms with Gasteiger partial charge in [0.15, 0.2) is 34.4 Å². The van der Waals surface area contributed by atoms with Gasteiger partial charge in [0.25, 0.3) is 16.7 Å². The van der Waals surface area contributed by atoms with E-state index in [0.29, 0.717) is 23.1 Å². The van der Waals surface area contributed by atoms with Crippen LogP contribution >= 0.6 is 47.0 Å². The van der Waals surface area contributed by atoms with Crippen molar-refractivity contribution < 1.29 is 131 Å². The smallest absolute Gasteiger partial charge is 0.351 e. The van der Waals surface area contributed by atoms with E-state index in [9.17, 15) is 67.8 Å². The normalized spacial score (nSPS) is 29.6. The highest BCUT2D eigenvalue weighted by molar-refractivity contribution is 8.09. The number of nitrogens with zero attached hydrogens (tertiary/aromatic N) is 17. The highest BCUT2D eigenvalue weighted by Crippen LogP contribution is 2.59. The molecule has 0 amide bonds. The summed E-state index contributed by atoms with van der Waals surface area (Å²) in [6, 6.07) is 0. The lowest BCUT2D eigenvalue weighted by Gasteiger charge is -2.29. The molecule has 0 aliphatic carbocycles. The molecule has 17 rings (SSSR count). The van der Waals surface area contributed by atoms with Gasteiger partial charge in [0, 0.05) is 99.1 Å². The lowest BCUT2D eigenvalue weighted by molar-refractivity contribution is -0.0577. The molecule has 0 spiro atoms. The summed E-state index contributed by atoms with van der Waals surface area (Å²) in [6.07, 6.45) is -14.6. The highest BCUT2D eigenvalue weighted by Gasteiger charge is 2.52. The fraction of sp³-hybridized carbons (Fsp3) is 0.569. The van der Waals surface area contributed by atoms with E-state index < -0.39 is 262 Å². The Morgan fingerprint density at radius 1 is 0.331 bits per heavy atom. The largest absolute Gasteiger partial charge is 0.383 e. The average molecular weight is 2300 g/mol. The number of aryl methyl sites for hydroxylation is 4.